The van der Waals surface area contributed by atoms with Crippen molar-refractivity contribution in [2.24, 2.45) is 5.73 Å². The monoisotopic (exact) mass is 319 g/mol. The molecule has 3 aromatic rings. The van der Waals surface area contributed by atoms with Crippen molar-refractivity contribution >= 4 is 5.97 Å². The van der Waals surface area contributed by atoms with Crippen molar-refractivity contribution in [1.29, 1.82) is 0 Å². The van der Waals surface area contributed by atoms with Crippen LogP contribution in [0, 0.1) is 0 Å². The molecule has 0 aromatic heterocycles. The molecule has 0 saturated carbocycles. The normalized spacial score (nSPS) is 11.0. The Kier molecular flexibility index (Phi) is 6.74. The molecule has 0 aliphatic rings. The van der Waals surface area contributed by atoms with Crippen LogP contribution >= 0.6 is 0 Å². The van der Waals surface area contributed by atoms with Crippen LogP contribution in [0.1, 0.15) is 5.56 Å². The molecule has 3 heteroatoms. The largest absolute Gasteiger partial charge is 0.480 e. The lowest BCUT2D eigenvalue weighted by molar-refractivity contribution is -0.138. The Morgan fingerprint density at radius 2 is 1.12 bits per heavy atom. The van der Waals surface area contributed by atoms with Crippen LogP contribution < -0.4 is 5.73 Å². The summed E-state index contributed by atoms with van der Waals surface area (Å²) in [7, 11) is 0. The van der Waals surface area contributed by atoms with Gasteiger partial charge >= 0.3 is 5.97 Å². The minimum Gasteiger partial charge on any atom is -0.480 e. The maximum atomic E-state index is 10.4. The van der Waals surface area contributed by atoms with Gasteiger partial charge in [0.2, 0.25) is 0 Å². The average Bonchev–Trinajstić information content (AvgIpc) is 2.64. The number of aliphatic carboxylic acids is 1. The van der Waals surface area contributed by atoms with E-state index in [9.17, 15) is 4.79 Å². The fourth-order valence-corrected chi connectivity index (χ4v) is 2.22. The van der Waals surface area contributed by atoms with E-state index in [1.54, 1.807) is 0 Å². The molecule has 0 saturated heterocycles. The van der Waals surface area contributed by atoms with Crippen LogP contribution in [0.4, 0.5) is 0 Å². The highest BCUT2D eigenvalue weighted by atomic mass is 16.4. The van der Waals surface area contributed by atoms with Gasteiger partial charge in [-0.3, -0.25) is 4.79 Å². The van der Waals surface area contributed by atoms with E-state index >= 15 is 0 Å². The highest BCUT2D eigenvalue weighted by molar-refractivity contribution is 5.73. The zero-order chi connectivity index (χ0) is 17.2. The van der Waals surface area contributed by atoms with Crippen molar-refractivity contribution in [3.63, 3.8) is 0 Å². The summed E-state index contributed by atoms with van der Waals surface area (Å²) < 4.78 is 0. The fraction of sp³-hybridized carbons (Fsp3) is 0.0952. The Morgan fingerprint density at radius 3 is 1.50 bits per heavy atom. The number of carbonyl (C=O) groups is 1. The molecule has 0 spiro atoms. The lowest BCUT2D eigenvalue weighted by Crippen LogP contribution is -2.32. The third-order valence-electron chi connectivity index (χ3n) is 3.50. The molecule has 0 bridgehead atoms. The van der Waals surface area contributed by atoms with Gasteiger partial charge in [-0.1, -0.05) is 91.0 Å². The fourth-order valence-electron chi connectivity index (χ4n) is 2.22. The molecule has 24 heavy (non-hydrogen) atoms. The van der Waals surface area contributed by atoms with Gasteiger partial charge in [-0.25, -0.2) is 0 Å². The molecule has 0 radical (unpaired) electrons. The molecule has 1 unspecified atom stereocenters. The Balaban J connectivity index is 0.000000174. The van der Waals surface area contributed by atoms with Gasteiger partial charge in [-0.15, -0.1) is 0 Å². The van der Waals surface area contributed by atoms with Gasteiger partial charge in [0.15, 0.2) is 0 Å². The number of nitrogens with two attached hydrogens (primary N) is 1. The molecular weight excluding hydrogens is 298 g/mol. The topological polar surface area (TPSA) is 63.3 Å². The van der Waals surface area contributed by atoms with E-state index in [1.165, 1.54) is 11.1 Å². The number of hydrogen-bond acceptors (Lipinski definition) is 2. The summed E-state index contributed by atoms with van der Waals surface area (Å²) in [6.45, 7) is 0. The summed E-state index contributed by atoms with van der Waals surface area (Å²) in [5.41, 5.74) is 8.85. The summed E-state index contributed by atoms with van der Waals surface area (Å²) in [6.07, 6.45) is 0.385. The molecule has 122 valence electrons. The molecule has 3 nitrogen and oxygen atoms in total. The van der Waals surface area contributed by atoms with Gasteiger partial charge in [-0.05, 0) is 23.1 Å². The van der Waals surface area contributed by atoms with E-state index < -0.39 is 12.0 Å². The van der Waals surface area contributed by atoms with Crippen LogP contribution in [0.2, 0.25) is 0 Å². The molecule has 0 amide bonds. The predicted octanol–water partition coefficient (Wildman–Crippen LogP) is 3.99. The zero-order valence-corrected chi connectivity index (χ0v) is 13.4. The van der Waals surface area contributed by atoms with Gasteiger partial charge in [0.25, 0.3) is 0 Å². The van der Waals surface area contributed by atoms with Gasteiger partial charge in [0.05, 0.1) is 0 Å². The highest BCUT2D eigenvalue weighted by Crippen LogP contribution is 2.17. The summed E-state index contributed by atoms with van der Waals surface area (Å²) in [5, 5.41) is 8.52. The van der Waals surface area contributed by atoms with Gasteiger partial charge in [0, 0.05) is 0 Å². The quantitative estimate of drug-likeness (QED) is 0.764. The van der Waals surface area contributed by atoms with Crippen molar-refractivity contribution in [1.82, 2.24) is 0 Å². The van der Waals surface area contributed by atoms with E-state index in [-0.39, 0.29) is 0 Å². The molecule has 3 aromatic carbocycles. The van der Waals surface area contributed by atoms with E-state index in [1.807, 2.05) is 42.5 Å². The third kappa shape index (κ3) is 5.71. The highest BCUT2D eigenvalue weighted by Gasteiger charge is 2.10. The van der Waals surface area contributed by atoms with Gasteiger partial charge in [-0.2, -0.15) is 0 Å². The summed E-state index contributed by atoms with van der Waals surface area (Å²) in [5.74, 6) is -0.959. The van der Waals surface area contributed by atoms with Crippen LogP contribution in [0.3, 0.4) is 0 Å². The van der Waals surface area contributed by atoms with Crippen LogP contribution in [-0.2, 0) is 11.2 Å². The molecule has 0 aliphatic carbocycles. The van der Waals surface area contributed by atoms with Crippen molar-refractivity contribution in [3.05, 3.63) is 96.6 Å². The number of hydrogen-bond donors (Lipinski definition) is 2. The molecule has 3 N–H and O–H groups in total. The van der Waals surface area contributed by atoms with Crippen LogP contribution in [0.15, 0.2) is 91.0 Å². The lowest BCUT2D eigenvalue weighted by Gasteiger charge is -2.04. The number of carboxylic acids is 1. The molecule has 0 aliphatic heterocycles. The average molecular weight is 319 g/mol. The lowest BCUT2D eigenvalue weighted by atomic mass is 10.1. The van der Waals surface area contributed by atoms with Crippen molar-refractivity contribution in [2.75, 3.05) is 0 Å². The maximum absolute atomic E-state index is 10.4. The first-order valence-corrected chi connectivity index (χ1v) is 7.79. The summed E-state index contributed by atoms with van der Waals surface area (Å²) in [6, 6.07) is 29.3. The molecule has 0 heterocycles. The molecule has 0 fully saturated rings. The number of benzene rings is 3. The molecule has 3 rings (SSSR count). The van der Waals surface area contributed by atoms with Crippen molar-refractivity contribution < 1.29 is 9.90 Å². The Morgan fingerprint density at radius 1 is 0.750 bits per heavy atom. The number of carboxylic acid groups (broad SMARTS) is 1. The summed E-state index contributed by atoms with van der Waals surface area (Å²) in [4.78, 5) is 10.4. The Labute approximate surface area is 142 Å². The first-order valence-electron chi connectivity index (χ1n) is 7.79. The van der Waals surface area contributed by atoms with Gasteiger partial charge < -0.3 is 10.8 Å². The van der Waals surface area contributed by atoms with Crippen molar-refractivity contribution in [2.45, 2.75) is 12.5 Å². The molecule has 1 atom stereocenters. The SMILES string of the molecule is NC(Cc1ccccc1)C(=O)O.c1ccc(-c2ccccc2)cc1. The second-order valence-electron chi connectivity index (χ2n) is 5.37. The Hall–Kier alpha value is -2.91. The predicted molar refractivity (Wildman–Crippen MR) is 97.6 cm³/mol. The van der Waals surface area contributed by atoms with Crippen LogP contribution in [0.25, 0.3) is 11.1 Å². The standard InChI is InChI=1S/C12H10.C9H11NO2/c1-3-7-11(8-4-1)12-9-5-2-6-10-12;10-8(9(11)12)6-7-4-2-1-3-5-7/h1-10H;1-5,8H,6,10H2,(H,11,12). The zero-order valence-electron chi connectivity index (χ0n) is 13.4. The first kappa shape index (κ1) is 17.4. The third-order valence-corrected chi connectivity index (χ3v) is 3.50. The minimum atomic E-state index is -0.959. The van der Waals surface area contributed by atoms with Crippen LogP contribution in [0.5, 0.6) is 0 Å². The summed E-state index contributed by atoms with van der Waals surface area (Å²) >= 11 is 0. The van der Waals surface area contributed by atoms with E-state index in [2.05, 4.69) is 48.5 Å². The molecular formula is C21H21NO2. The van der Waals surface area contributed by atoms with E-state index in [4.69, 9.17) is 10.8 Å². The maximum Gasteiger partial charge on any atom is 0.320 e. The van der Waals surface area contributed by atoms with Gasteiger partial charge in [0.1, 0.15) is 6.04 Å². The van der Waals surface area contributed by atoms with Crippen molar-refractivity contribution in [3.8, 4) is 11.1 Å². The number of rotatable bonds is 4. The van der Waals surface area contributed by atoms with E-state index in [0.29, 0.717) is 6.42 Å². The van der Waals surface area contributed by atoms with E-state index in [0.717, 1.165) is 5.56 Å². The smallest absolute Gasteiger partial charge is 0.320 e. The minimum absolute atomic E-state index is 0.385. The van der Waals surface area contributed by atoms with Crippen LogP contribution in [-0.4, -0.2) is 17.1 Å². The first-order chi connectivity index (χ1) is 11.7. The second kappa shape index (κ2) is 9.28. The second-order valence-corrected chi connectivity index (χ2v) is 5.37. The Bertz CT molecular complexity index is 690.